The number of benzene rings is 3. The summed E-state index contributed by atoms with van der Waals surface area (Å²) in [6, 6.07) is 25.7. The fourth-order valence-corrected chi connectivity index (χ4v) is 4.78. The van der Waals surface area contributed by atoms with Crippen LogP contribution in [0.4, 0.5) is 0 Å². The molecule has 0 radical (unpaired) electrons. The Morgan fingerprint density at radius 3 is 2.20 bits per heavy atom. The van der Waals surface area contributed by atoms with Gasteiger partial charge in [0.1, 0.15) is 6.04 Å². The monoisotopic (exact) mass is 488 g/mol. The number of carbonyl (C=O) groups excluding carboxylic acids is 2. The molecule has 35 heavy (non-hydrogen) atoms. The Morgan fingerprint density at radius 1 is 0.886 bits per heavy atom. The van der Waals surface area contributed by atoms with Crippen LogP contribution in [0.5, 0.6) is 0 Å². The second-order valence-electron chi connectivity index (χ2n) is 9.23. The average molecular weight is 489 g/mol. The predicted molar refractivity (Wildman–Crippen MR) is 145 cm³/mol. The molecule has 0 saturated carbocycles. The number of amides is 2. The first kappa shape index (κ1) is 26.6. The van der Waals surface area contributed by atoms with Crippen molar-refractivity contribution in [1.82, 2.24) is 10.2 Å². The summed E-state index contributed by atoms with van der Waals surface area (Å²) in [7, 11) is 0. The van der Waals surface area contributed by atoms with Gasteiger partial charge in [0.2, 0.25) is 11.8 Å². The molecule has 3 rings (SSSR count). The highest BCUT2D eigenvalue weighted by molar-refractivity contribution is 7.99. The number of carbonyl (C=O) groups is 2. The number of aryl methyl sites for hydroxylation is 2. The van der Waals surface area contributed by atoms with Crippen molar-refractivity contribution in [2.75, 3.05) is 5.75 Å². The van der Waals surface area contributed by atoms with Gasteiger partial charge < -0.3 is 10.2 Å². The summed E-state index contributed by atoms with van der Waals surface area (Å²) in [5.41, 5.74) is 4.42. The number of hydrogen-bond acceptors (Lipinski definition) is 3. The molecule has 0 spiro atoms. The molecule has 0 saturated heterocycles. The Hall–Kier alpha value is -3.05. The van der Waals surface area contributed by atoms with Crippen LogP contribution in [0.3, 0.4) is 0 Å². The summed E-state index contributed by atoms with van der Waals surface area (Å²) in [5.74, 6) is 0.542. The summed E-state index contributed by atoms with van der Waals surface area (Å²) < 4.78 is 0. The quantitative estimate of drug-likeness (QED) is 0.339. The highest BCUT2D eigenvalue weighted by Gasteiger charge is 2.30. The van der Waals surface area contributed by atoms with E-state index in [1.165, 1.54) is 5.56 Å². The smallest absolute Gasteiger partial charge is 0.243 e. The average Bonchev–Trinajstić information content (AvgIpc) is 2.83. The van der Waals surface area contributed by atoms with Crippen LogP contribution in [-0.2, 0) is 22.6 Å². The molecule has 1 atom stereocenters. The van der Waals surface area contributed by atoms with Gasteiger partial charge in [-0.15, -0.1) is 11.8 Å². The summed E-state index contributed by atoms with van der Waals surface area (Å²) in [6.07, 6.45) is 0.840. The van der Waals surface area contributed by atoms with Crippen LogP contribution in [0, 0.1) is 13.8 Å². The highest BCUT2D eigenvalue weighted by atomic mass is 32.2. The van der Waals surface area contributed by atoms with E-state index in [9.17, 15) is 9.59 Å². The molecule has 184 valence electrons. The lowest BCUT2D eigenvalue weighted by Crippen LogP contribution is -2.52. The highest BCUT2D eigenvalue weighted by Crippen LogP contribution is 2.22. The molecule has 0 heterocycles. The third-order valence-electron chi connectivity index (χ3n) is 5.91. The maximum atomic E-state index is 13.7. The Kier molecular flexibility index (Phi) is 9.98. The van der Waals surface area contributed by atoms with E-state index in [0.717, 1.165) is 21.6 Å². The normalized spacial score (nSPS) is 11.8. The zero-order chi connectivity index (χ0) is 25.2. The van der Waals surface area contributed by atoms with Crippen LogP contribution in [0.2, 0.25) is 0 Å². The lowest BCUT2D eigenvalue weighted by molar-refractivity contribution is -0.141. The fraction of sp³-hybridized carbons (Fsp3) is 0.333. The van der Waals surface area contributed by atoms with E-state index >= 15 is 0 Å². The number of rotatable bonds is 11. The molecular formula is C30H36N2O2S. The fourth-order valence-electron chi connectivity index (χ4n) is 3.94. The molecule has 5 heteroatoms. The minimum atomic E-state index is -0.587. The van der Waals surface area contributed by atoms with Gasteiger partial charge in [0, 0.05) is 36.1 Å². The Bertz CT molecular complexity index is 1100. The molecule has 0 aliphatic heterocycles. The largest absolute Gasteiger partial charge is 0.352 e. The van der Waals surface area contributed by atoms with Crippen molar-refractivity contribution in [3.05, 3.63) is 101 Å². The van der Waals surface area contributed by atoms with Crippen molar-refractivity contribution in [3.8, 4) is 0 Å². The molecular weight excluding hydrogens is 452 g/mol. The molecule has 0 bridgehead atoms. The van der Waals surface area contributed by atoms with E-state index in [-0.39, 0.29) is 17.9 Å². The van der Waals surface area contributed by atoms with Gasteiger partial charge in [-0.1, -0.05) is 72.3 Å². The Morgan fingerprint density at radius 2 is 1.54 bits per heavy atom. The molecule has 1 N–H and O–H groups in total. The summed E-state index contributed by atoms with van der Waals surface area (Å²) in [6.45, 7) is 8.41. The van der Waals surface area contributed by atoms with Crippen molar-refractivity contribution >= 4 is 23.6 Å². The molecule has 0 aromatic heterocycles. The van der Waals surface area contributed by atoms with Crippen LogP contribution in [-0.4, -0.2) is 34.6 Å². The van der Waals surface area contributed by atoms with Gasteiger partial charge in [0.15, 0.2) is 0 Å². The summed E-state index contributed by atoms with van der Waals surface area (Å²) in [5, 5.41) is 3.05. The molecule has 0 fully saturated rings. The second kappa shape index (κ2) is 13.1. The van der Waals surface area contributed by atoms with Gasteiger partial charge in [0.05, 0.1) is 0 Å². The second-order valence-corrected chi connectivity index (χ2v) is 10.4. The van der Waals surface area contributed by atoms with E-state index < -0.39 is 6.04 Å². The predicted octanol–water partition coefficient (Wildman–Crippen LogP) is 5.95. The van der Waals surface area contributed by atoms with E-state index in [1.54, 1.807) is 16.7 Å². The van der Waals surface area contributed by atoms with Crippen molar-refractivity contribution in [2.24, 2.45) is 0 Å². The first-order chi connectivity index (χ1) is 16.8. The lowest BCUT2D eigenvalue weighted by atomic mass is 10.0. The molecule has 3 aromatic rings. The zero-order valence-corrected chi connectivity index (χ0v) is 22.0. The molecule has 3 aromatic carbocycles. The van der Waals surface area contributed by atoms with Gasteiger partial charge in [0.25, 0.3) is 0 Å². The topological polar surface area (TPSA) is 49.4 Å². The van der Waals surface area contributed by atoms with Crippen molar-refractivity contribution in [3.63, 3.8) is 0 Å². The molecule has 0 aliphatic carbocycles. The first-order valence-electron chi connectivity index (χ1n) is 12.2. The van der Waals surface area contributed by atoms with E-state index in [1.807, 2.05) is 75.4 Å². The number of nitrogens with one attached hydrogen (secondary N) is 1. The van der Waals surface area contributed by atoms with Gasteiger partial charge in [-0.2, -0.15) is 0 Å². The van der Waals surface area contributed by atoms with Gasteiger partial charge in [-0.05, 0) is 56.5 Å². The van der Waals surface area contributed by atoms with Crippen LogP contribution in [0.25, 0.3) is 0 Å². The third kappa shape index (κ3) is 8.29. The molecule has 0 aliphatic rings. The van der Waals surface area contributed by atoms with Crippen LogP contribution in [0.1, 0.15) is 42.5 Å². The van der Waals surface area contributed by atoms with E-state index in [0.29, 0.717) is 25.1 Å². The standard InChI is InChI=1S/C30H36N2O2S/c1-22(2)31-30(34)28(20-25-11-6-5-7-12-25)32(21-26-13-9-8-10-24(26)4)29(33)18-19-35-27-16-14-23(3)15-17-27/h5-17,22,28H,18-21H2,1-4H3,(H,31,34)/t28-/m0/s1. The van der Waals surface area contributed by atoms with Gasteiger partial charge in [-0.25, -0.2) is 0 Å². The van der Waals surface area contributed by atoms with E-state index in [2.05, 4.69) is 36.5 Å². The minimum Gasteiger partial charge on any atom is -0.352 e. The minimum absolute atomic E-state index is 0.00622. The van der Waals surface area contributed by atoms with Crippen molar-refractivity contribution in [2.45, 2.75) is 64.1 Å². The van der Waals surface area contributed by atoms with Crippen molar-refractivity contribution in [1.29, 1.82) is 0 Å². The van der Waals surface area contributed by atoms with E-state index in [4.69, 9.17) is 0 Å². The zero-order valence-electron chi connectivity index (χ0n) is 21.2. The SMILES string of the molecule is Cc1ccc(SCCC(=O)N(Cc2ccccc2C)[C@@H](Cc2ccccc2)C(=O)NC(C)C)cc1. The van der Waals surface area contributed by atoms with Crippen LogP contribution < -0.4 is 5.32 Å². The van der Waals surface area contributed by atoms with Crippen LogP contribution >= 0.6 is 11.8 Å². The maximum Gasteiger partial charge on any atom is 0.243 e. The number of thioether (sulfide) groups is 1. The van der Waals surface area contributed by atoms with Crippen LogP contribution in [0.15, 0.2) is 83.8 Å². The van der Waals surface area contributed by atoms with Gasteiger partial charge in [-0.3, -0.25) is 9.59 Å². The Labute approximate surface area is 214 Å². The molecule has 2 amide bonds. The van der Waals surface area contributed by atoms with Gasteiger partial charge >= 0.3 is 0 Å². The summed E-state index contributed by atoms with van der Waals surface area (Å²) >= 11 is 1.67. The maximum absolute atomic E-state index is 13.7. The Balaban J connectivity index is 1.85. The molecule has 0 unspecified atom stereocenters. The number of hydrogen-bond donors (Lipinski definition) is 1. The number of nitrogens with zero attached hydrogens (tertiary/aromatic N) is 1. The summed E-state index contributed by atoms with van der Waals surface area (Å²) in [4.78, 5) is 30.0. The molecule has 4 nitrogen and oxygen atoms in total. The van der Waals surface area contributed by atoms with Crippen molar-refractivity contribution < 1.29 is 9.59 Å². The first-order valence-corrected chi connectivity index (χ1v) is 13.2. The third-order valence-corrected chi connectivity index (χ3v) is 6.92. The lowest BCUT2D eigenvalue weighted by Gasteiger charge is -2.32.